The first-order chi connectivity index (χ1) is 10.8. The highest BCUT2D eigenvalue weighted by Crippen LogP contribution is 2.33. The van der Waals surface area contributed by atoms with Crippen LogP contribution in [0.1, 0.15) is 58.8 Å². The van der Waals surface area contributed by atoms with Crippen molar-refractivity contribution < 1.29 is 0 Å². The van der Waals surface area contributed by atoms with Gasteiger partial charge in [-0.2, -0.15) is 0 Å². The van der Waals surface area contributed by atoms with Gasteiger partial charge in [-0.3, -0.25) is 4.90 Å². The Morgan fingerprint density at radius 1 is 1.00 bits per heavy atom. The van der Waals surface area contributed by atoms with Crippen LogP contribution in [0.25, 0.3) is 0 Å². The third-order valence-corrected chi connectivity index (χ3v) is 6.71. The first kappa shape index (κ1) is 16.7. The summed E-state index contributed by atoms with van der Waals surface area (Å²) in [6, 6.07) is 1.66. The van der Waals surface area contributed by atoms with Gasteiger partial charge in [0.25, 0.3) is 0 Å². The van der Waals surface area contributed by atoms with Crippen molar-refractivity contribution in [3.8, 4) is 0 Å². The third kappa shape index (κ3) is 4.24. The molecule has 0 amide bonds. The van der Waals surface area contributed by atoms with E-state index in [0.717, 1.165) is 29.8 Å². The molecule has 2 heterocycles. The minimum absolute atomic E-state index is 0.766. The quantitative estimate of drug-likeness (QED) is 0.818. The zero-order chi connectivity index (χ0) is 15.4. The largest absolute Gasteiger partial charge is 0.317 e. The number of hydrogen-bond acceptors (Lipinski definition) is 3. The lowest BCUT2D eigenvalue weighted by Gasteiger charge is -2.34. The SMILES string of the molecule is CCC1CCC(N2C[C@H](CNC3CCNCC3)[C@@H](C)C2)CC1. The van der Waals surface area contributed by atoms with Crippen molar-refractivity contribution in [1.82, 2.24) is 15.5 Å². The molecule has 0 radical (unpaired) electrons. The van der Waals surface area contributed by atoms with Crippen LogP contribution in [-0.4, -0.2) is 49.7 Å². The molecule has 0 aromatic carbocycles. The Balaban J connectivity index is 1.41. The maximum absolute atomic E-state index is 3.87. The van der Waals surface area contributed by atoms with Crippen LogP contribution in [0, 0.1) is 17.8 Å². The molecule has 3 rings (SSSR count). The summed E-state index contributed by atoms with van der Waals surface area (Å²) >= 11 is 0. The van der Waals surface area contributed by atoms with Crippen molar-refractivity contribution in [3.63, 3.8) is 0 Å². The van der Waals surface area contributed by atoms with Gasteiger partial charge in [0.05, 0.1) is 0 Å². The molecule has 2 atom stereocenters. The van der Waals surface area contributed by atoms with Gasteiger partial charge in [-0.1, -0.05) is 20.3 Å². The highest BCUT2D eigenvalue weighted by molar-refractivity contribution is 4.89. The van der Waals surface area contributed by atoms with Crippen molar-refractivity contribution >= 4 is 0 Å². The second-order valence-corrected chi connectivity index (χ2v) is 8.21. The van der Waals surface area contributed by atoms with E-state index >= 15 is 0 Å². The smallest absolute Gasteiger partial charge is 0.00957 e. The molecule has 1 aliphatic carbocycles. The van der Waals surface area contributed by atoms with Crippen molar-refractivity contribution in [3.05, 3.63) is 0 Å². The van der Waals surface area contributed by atoms with Gasteiger partial charge in [-0.15, -0.1) is 0 Å². The zero-order valence-electron chi connectivity index (χ0n) is 14.8. The molecular formula is C19H37N3. The van der Waals surface area contributed by atoms with E-state index in [2.05, 4.69) is 29.4 Å². The van der Waals surface area contributed by atoms with Crippen LogP contribution < -0.4 is 10.6 Å². The summed E-state index contributed by atoms with van der Waals surface area (Å²) in [4.78, 5) is 2.84. The standard InChI is InChI=1S/C19H37N3/c1-3-16-4-6-19(7-5-16)22-13-15(2)17(14-22)12-21-18-8-10-20-11-9-18/h15-21H,3-14H2,1-2H3/t15-,16?,17-,19?/m0/s1. The maximum atomic E-state index is 3.87. The lowest BCUT2D eigenvalue weighted by atomic mass is 9.84. The molecule has 0 aromatic heterocycles. The summed E-state index contributed by atoms with van der Waals surface area (Å²) in [6.07, 6.45) is 9.89. The van der Waals surface area contributed by atoms with Crippen LogP contribution in [-0.2, 0) is 0 Å². The fourth-order valence-corrected chi connectivity index (χ4v) is 4.90. The van der Waals surface area contributed by atoms with Gasteiger partial charge in [0.1, 0.15) is 0 Å². The predicted octanol–water partition coefficient (Wildman–Crippen LogP) is 2.86. The predicted molar refractivity (Wildman–Crippen MR) is 94.2 cm³/mol. The van der Waals surface area contributed by atoms with Crippen LogP contribution in [0.4, 0.5) is 0 Å². The number of piperidine rings is 1. The van der Waals surface area contributed by atoms with Gasteiger partial charge in [-0.25, -0.2) is 0 Å². The fourth-order valence-electron chi connectivity index (χ4n) is 4.90. The van der Waals surface area contributed by atoms with E-state index in [1.165, 1.54) is 77.7 Å². The Bertz CT molecular complexity index is 319. The van der Waals surface area contributed by atoms with E-state index in [0.29, 0.717) is 0 Å². The number of likely N-dealkylation sites (tertiary alicyclic amines) is 1. The third-order valence-electron chi connectivity index (χ3n) is 6.71. The summed E-state index contributed by atoms with van der Waals surface area (Å²) in [5.41, 5.74) is 0. The Hall–Kier alpha value is -0.120. The van der Waals surface area contributed by atoms with Gasteiger partial charge in [0.15, 0.2) is 0 Å². The molecule has 2 N–H and O–H groups in total. The fraction of sp³-hybridized carbons (Fsp3) is 1.00. The second-order valence-electron chi connectivity index (χ2n) is 8.21. The molecule has 3 aliphatic rings. The minimum atomic E-state index is 0.766. The molecule has 3 heteroatoms. The molecule has 2 saturated heterocycles. The molecule has 3 nitrogen and oxygen atoms in total. The molecule has 2 aliphatic heterocycles. The van der Waals surface area contributed by atoms with E-state index in [9.17, 15) is 0 Å². The number of nitrogens with zero attached hydrogens (tertiary/aromatic N) is 1. The lowest BCUT2D eigenvalue weighted by molar-refractivity contribution is 0.156. The van der Waals surface area contributed by atoms with Crippen LogP contribution >= 0.6 is 0 Å². The van der Waals surface area contributed by atoms with Crippen LogP contribution in [0.3, 0.4) is 0 Å². The summed E-state index contributed by atoms with van der Waals surface area (Å²) in [6.45, 7) is 11.2. The Kier molecular flexibility index (Phi) is 6.17. The number of nitrogens with one attached hydrogen (secondary N) is 2. The van der Waals surface area contributed by atoms with Crippen LogP contribution in [0.15, 0.2) is 0 Å². The first-order valence-corrected chi connectivity index (χ1v) is 9.94. The van der Waals surface area contributed by atoms with Crippen molar-refractivity contribution in [1.29, 1.82) is 0 Å². The minimum Gasteiger partial charge on any atom is -0.317 e. The van der Waals surface area contributed by atoms with Gasteiger partial charge >= 0.3 is 0 Å². The van der Waals surface area contributed by atoms with Crippen molar-refractivity contribution in [2.45, 2.75) is 70.9 Å². The van der Waals surface area contributed by atoms with E-state index in [-0.39, 0.29) is 0 Å². The zero-order valence-corrected chi connectivity index (χ0v) is 14.8. The van der Waals surface area contributed by atoms with Gasteiger partial charge < -0.3 is 10.6 Å². The normalized spacial score (nSPS) is 38.5. The first-order valence-electron chi connectivity index (χ1n) is 9.94. The van der Waals surface area contributed by atoms with Crippen LogP contribution in [0.2, 0.25) is 0 Å². The molecule has 0 spiro atoms. The lowest BCUT2D eigenvalue weighted by Crippen LogP contribution is -2.43. The molecule has 0 unspecified atom stereocenters. The van der Waals surface area contributed by atoms with Gasteiger partial charge in [0.2, 0.25) is 0 Å². The highest BCUT2D eigenvalue weighted by Gasteiger charge is 2.35. The summed E-state index contributed by atoms with van der Waals surface area (Å²) in [7, 11) is 0. The van der Waals surface area contributed by atoms with Gasteiger partial charge in [0, 0.05) is 25.2 Å². The molecule has 1 saturated carbocycles. The number of rotatable bonds is 5. The molecule has 0 aromatic rings. The highest BCUT2D eigenvalue weighted by atomic mass is 15.2. The van der Waals surface area contributed by atoms with Gasteiger partial charge in [-0.05, 0) is 75.9 Å². The van der Waals surface area contributed by atoms with E-state index in [1.54, 1.807) is 0 Å². The van der Waals surface area contributed by atoms with E-state index < -0.39 is 0 Å². The van der Waals surface area contributed by atoms with Crippen molar-refractivity contribution in [2.75, 3.05) is 32.7 Å². The Labute approximate surface area is 137 Å². The average Bonchev–Trinajstić information content (AvgIpc) is 2.95. The Morgan fingerprint density at radius 3 is 2.41 bits per heavy atom. The van der Waals surface area contributed by atoms with E-state index in [1.807, 2.05) is 0 Å². The summed E-state index contributed by atoms with van der Waals surface area (Å²) in [5.74, 6) is 2.77. The monoisotopic (exact) mass is 307 g/mol. The Morgan fingerprint density at radius 2 is 1.73 bits per heavy atom. The molecular weight excluding hydrogens is 270 g/mol. The average molecular weight is 308 g/mol. The molecule has 3 fully saturated rings. The number of hydrogen-bond donors (Lipinski definition) is 2. The van der Waals surface area contributed by atoms with Crippen molar-refractivity contribution in [2.24, 2.45) is 17.8 Å². The summed E-state index contributed by atoms with van der Waals surface area (Å²) in [5, 5.41) is 7.33. The molecule has 0 bridgehead atoms. The topological polar surface area (TPSA) is 27.3 Å². The molecule has 128 valence electrons. The van der Waals surface area contributed by atoms with E-state index in [4.69, 9.17) is 0 Å². The summed E-state index contributed by atoms with van der Waals surface area (Å²) < 4.78 is 0. The maximum Gasteiger partial charge on any atom is 0.00957 e. The molecule has 22 heavy (non-hydrogen) atoms. The van der Waals surface area contributed by atoms with Crippen LogP contribution in [0.5, 0.6) is 0 Å². The second kappa shape index (κ2) is 8.12.